The number of rotatable bonds is 4. The van der Waals surface area contributed by atoms with Crippen LogP contribution >= 0.6 is 11.8 Å². The van der Waals surface area contributed by atoms with E-state index in [1.807, 2.05) is 18.4 Å². The van der Waals surface area contributed by atoms with Crippen molar-refractivity contribution >= 4 is 28.6 Å². The van der Waals surface area contributed by atoms with Crippen LogP contribution in [-0.2, 0) is 5.75 Å². The summed E-state index contributed by atoms with van der Waals surface area (Å²) in [5.74, 6) is -0.0231. The second kappa shape index (κ2) is 5.06. The van der Waals surface area contributed by atoms with E-state index in [1.54, 1.807) is 17.8 Å². The van der Waals surface area contributed by atoms with Gasteiger partial charge in [-0.2, -0.15) is 11.8 Å². The second-order valence-electron chi connectivity index (χ2n) is 4.59. The van der Waals surface area contributed by atoms with E-state index in [4.69, 9.17) is 0 Å². The Morgan fingerprint density at radius 1 is 1.44 bits per heavy atom. The highest BCUT2D eigenvalue weighted by Crippen LogP contribution is 2.30. The van der Waals surface area contributed by atoms with Crippen molar-refractivity contribution in [3.8, 4) is 0 Å². The highest BCUT2D eigenvalue weighted by molar-refractivity contribution is 7.97. The molecule has 0 radical (unpaired) electrons. The maximum Gasteiger partial charge on any atom is 0.336 e. The summed E-state index contributed by atoms with van der Waals surface area (Å²) in [5, 5.41) is 10.2. The van der Waals surface area contributed by atoms with Gasteiger partial charge in [0.15, 0.2) is 0 Å². The van der Waals surface area contributed by atoms with Crippen molar-refractivity contribution in [2.75, 3.05) is 6.26 Å². The lowest BCUT2D eigenvalue weighted by Crippen LogP contribution is -2.00. The molecule has 0 spiro atoms. The van der Waals surface area contributed by atoms with Crippen molar-refractivity contribution in [1.29, 1.82) is 0 Å². The molecular weight excluding hydrogens is 246 g/mol. The zero-order valence-corrected chi connectivity index (χ0v) is 11.6. The summed E-state index contributed by atoms with van der Waals surface area (Å²) < 4.78 is 2.15. The van der Waals surface area contributed by atoms with Gasteiger partial charge < -0.3 is 9.67 Å². The van der Waals surface area contributed by atoms with Crippen LogP contribution in [0.1, 0.15) is 35.8 Å². The van der Waals surface area contributed by atoms with Crippen LogP contribution in [0.5, 0.6) is 0 Å². The lowest BCUT2D eigenvalue weighted by molar-refractivity contribution is 0.0699. The van der Waals surface area contributed by atoms with E-state index in [-0.39, 0.29) is 0 Å². The number of fused-ring (bicyclic) bond motifs is 1. The molecule has 1 heterocycles. The quantitative estimate of drug-likeness (QED) is 0.912. The van der Waals surface area contributed by atoms with Crippen LogP contribution in [0.15, 0.2) is 24.4 Å². The molecule has 0 saturated carbocycles. The topological polar surface area (TPSA) is 42.2 Å². The first-order valence-corrected chi connectivity index (χ1v) is 7.30. The predicted molar refractivity (Wildman–Crippen MR) is 76.5 cm³/mol. The molecule has 96 valence electrons. The number of nitrogens with zero attached hydrogens (tertiary/aromatic N) is 1. The lowest BCUT2D eigenvalue weighted by atomic mass is 10.1. The Morgan fingerprint density at radius 3 is 2.72 bits per heavy atom. The van der Waals surface area contributed by atoms with Crippen molar-refractivity contribution in [1.82, 2.24) is 4.57 Å². The molecule has 2 rings (SSSR count). The van der Waals surface area contributed by atoms with Gasteiger partial charge in [0.2, 0.25) is 0 Å². The molecule has 0 saturated heterocycles. The third kappa shape index (κ3) is 2.12. The van der Waals surface area contributed by atoms with Crippen molar-refractivity contribution in [3.05, 3.63) is 35.5 Å². The molecule has 0 unspecified atom stereocenters. The van der Waals surface area contributed by atoms with E-state index in [2.05, 4.69) is 24.6 Å². The third-order valence-electron chi connectivity index (χ3n) is 3.02. The van der Waals surface area contributed by atoms with Gasteiger partial charge in [-0.05, 0) is 37.8 Å². The number of hydrogen-bond acceptors (Lipinski definition) is 2. The number of hydrogen-bond donors (Lipinski definition) is 1. The highest BCUT2D eigenvalue weighted by Gasteiger charge is 2.16. The van der Waals surface area contributed by atoms with Crippen LogP contribution < -0.4 is 0 Å². The van der Waals surface area contributed by atoms with Crippen molar-refractivity contribution in [2.45, 2.75) is 25.6 Å². The zero-order valence-electron chi connectivity index (χ0n) is 10.8. The molecule has 1 N–H and O–H groups in total. The SMILES string of the molecule is CSCc1cn(C(C)C)c2cccc(C(=O)O)c12. The van der Waals surface area contributed by atoms with E-state index in [0.29, 0.717) is 11.6 Å². The maximum atomic E-state index is 11.3. The van der Waals surface area contributed by atoms with Crippen LogP contribution in [0.4, 0.5) is 0 Å². The van der Waals surface area contributed by atoms with Crippen LogP contribution in [0.2, 0.25) is 0 Å². The molecule has 4 heteroatoms. The summed E-state index contributed by atoms with van der Waals surface area (Å²) in [4.78, 5) is 11.3. The molecule has 3 nitrogen and oxygen atoms in total. The van der Waals surface area contributed by atoms with Crippen LogP contribution in [0, 0.1) is 0 Å². The van der Waals surface area contributed by atoms with Gasteiger partial charge in [-0.25, -0.2) is 4.79 Å². The van der Waals surface area contributed by atoms with E-state index >= 15 is 0 Å². The minimum atomic E-state index is -0.857. The van der Waals surface area contributed by atoms with Crippen molar-refractivity contribution in [3.63, 3.8) is 0 Å². The van der Waals surface area contributed by atoms with Crippen molar-refractivity contribution < 1.29 is 9.90 Å². The normalized spacial score (nSPS) is 11.3. The minimum Gasteiger partial charge on any atom is -0.478 e. The van der Waals surface area contributed by atoms with Gasteiger partial charge in [0.25, 0.3) is 0 Å². The van der Waals surface area contributed by atoms with Gasteiger partial charge >= 0.3 is 5.97 Å². The molecule has 0 aliphatic heterocycles. The van der Waals surface area contributed by atoms with Gasteiger partial charge in [-0.15, -0.1) is 0 Å². The zero-order chi connectivity index (χ0) is 13.3. The molecule has 1 aromatic heterocycles. The van der Waals surface area contributed by atoms with Crippen LogP contribution in [0.25, 0.3) is 10.9 Å². The Labute approximate surface area is 111 Å². The summed E-state index contributed by atoms with van der Waals surface area (Å²) in [7, 11) is 0. The molecule has 0 aliphatic rings. The van der Waals surface area contributed by atoms with E-state index in [0.717, 1.165) is 22.2 Å². The molecule has 0 fully saturated rings. The molecule has 1 aromatic carbocycles. The Balaban J connectivity index is 2.78. The standard InChI is InChI=1S/C14H17NO2S/c1-9(2)15-7-10(8-18-3)13-11(14(16)17)5-4-6-12(13)15/h4-7,9H,8H2,1-3H3,(H,16,17). The Kier molecular flexibility index (Phi) is 3.66. The summed E-state index contributed by atoms with van der Waals surface area (Å²) in [6.07, 6.45) is 4.11. The number of benzene rings is 1. The van der Waals surface area contributed by atoms with E-state index in [1.165, 1.54) is 0 Å². The first-order valence-electron chi connectivity index (χ1n) is 5.91. The Hall–Kier alpha value is -1.42. The first kappa shape index (κ1) is 13.0. The van der Waals surface area contributed by atoms with Gasteiger partial charge in [0, 0.05) is 28.9 Å². The van der Waals surface area contributed by atoms with Gasteiger partial charge in [-0.3, -0.25) is 0 Å². The van der Waals surface area contributed by atoms with Crippen molar-refractivity contribution in [2.24, 2.45) is 0 Å². The number of aromatic nitrogens is 1. The summed E-state index contributed by atoms with van der Waals surface area (Å²) in [6.45, 7) is 4.21. The summed E-state index contributed by atoms with van der Waals surface area (Å²) in [5.41, 5.74) is 2.51. The molecule has 0 amide bonds. The van der Waals surface area contributed by atoms with Crippen LogP contribution in [-0.4, -0.2) is 21.9 Å². The molecule has 0 aliphatic carbocycles. The maximum absolute atomic E-state index is 11.3. The third-order valence-corrected chi connectivity index (χ3v) is 3.62. The monoisotopic (exact) mass is 263 g/mol. The first-order chi connectivity index (χ1) is 8.56. The van der Waals surface area contributed by atoms with Crippen LogP contribution in [0.3, 0.4) is 0 Å². The van der Waals surface area contributed by atoms with E-state index < -0.39 is 5.97 Å². The minimum absolute atomic E-state index is 0.326. The molecule has 2 aromatic rings. The Morgan fingerprint density at radius 2 is 2.17 bits per heavy atom. The number of carboxylic acid groups (broad SMARTS) is 1. The summed E-state index contributed by atoms with van der Waals surface area (Å²) in [6, 6.07) is 5.81. The fraction of sp³-hybridized carbons (Fsp3) is 0.357. The predicted octanol–water partition coefficient (Wildman–Crippen LogP) is 3.78. The van der Waals surface area contributed by atoms with Gasteiger partial charge in [0.05, 0.1) is 5.56 Å². The lowest BCUT2D eigenvalue weighted by Gasteiger charge is -2.09. The van der Waals surface area contributed by atoms with E-state index in [9.17, 15) is 9.90 Å². The van der Waals surface area contributed by atoms with Gasteiger partial charge in [0.1, 0.15) is 0 Å². The average Bonchev–Trinajstić information content (AvgIpc) is 2.69. The Bertz CT molecular complexity index is 587. The number of thioether (sulfide) groups is 1. The fourth-order valence-electron chi connectivity index (χ4n) is 2.27. The molecule has 0 bridgehead atoms. The molecule has 0 atom stereocenters. The fourth-order valence-corrected chi connectivity index (χ4v) is 2.80. The summed E-state index contributed by atoms with van der Waals surface area (Å²) >= 11 is 1.71. The number of carbonyl (C=O) groups is 1. The van der Waals surface area contributed by atoms with Gasteiger partial charge in [-0.1, -0.05) is 6.07 Å². The largest absolute Gasteiger partial charge is 0.478 e. The molecule has 18 heavy (non-hydrogen) atoms. The number of aromatic carboxylic acids is 1. The number of carboxylic acids is 1. The smallest absolute Gasteiger partial charge is 0.336 e. The highest BCUT2D eigenvalue weighted by atomic mass is 32.2. The molecular formula is C14H17NO2S. The second-order valence-corrected chi connectivity index (χ2v) is 5.46. The average molecular weight is 263 g/mol.